The first-order chi connectivity index (χ1) is 24.4. The highest BCUT2D eigenvalue weighted by atomic mass is 127. The van der Waals surface area contributed by atoms with Crippen molar-refractivity contribution in [1.29, 1.82) is 0 Å². The first-order valence-electron chi connectivity index (χ1n) is 20.8. The highest BCUT2D eigenvalue weighted by Crippen LogP contribution is 2.43. The average Bonchev–Trinajstić information content (AvgIpc) is 3.03. The molecular formula is C45H85IO5Si3. The lowest BCUT2D eigenvalue weighted by Gasteiger charge is -2.44. The number of halogens is 1. The summed E-state index contributed by atoms with van der Waals surface area (Å²) in [4.78, 5) is 0. The highest BCUT2D eigenvalue weighted by molar-refractivity contribution is 14.1. The molecule has 9 heteroatoms. The van der Waals surface area contributed by atoms with Gasteiger partial charge in [0.25, 0.3) is 0 Å². The molecule has 1 aromatic carbocycles. The van der Waals surface area contributed by atoms with Crippen LogP contribution in [0.25, 0.3) is 0 Å². The van der Waals surface area contributed by atoms with Crippen LogP contribution >= 0.6 is 22.6 Å². The van der Waals surface area contributed by atoms with Crippen molar-refractivity contribution < 1.29 is 22.8 Å². The molecule has 0 amide bonds. The van der Waals surface area contributed by atoms with Crippen molar-refractivity contribution in [2.24, 2.45) is 29.6 Å². The number of ether oxygens (including phenoxy) is 2. The molecule has 1 aromatic rings. The minimum atomic E-state index is -2.10. The van der Waals surface area contributed by atoms with E-state index in [2.05, 4.69) is 181 Å². The van der Waals surface area contributed by atoms with Crippen LogP contribution in [-0.4, -0.2) is 57.0 Å². The van der Waals surface area contributed by atoms with Crippen molar-refractivity contribution >= 4 is 47.5 Å². The second-order valence-electron chi connectivity index (χ2n) is 21.2. The van der Waals surface area contributed by atoms with Crippen LogP contribution in [0, 0.1) is 39.4 Å². The second-order valence-corrected chi connectivity index (χ2v) is 36.1. The van der Waals surface area contributed by atoms with Crippen LogP contribution in [0.4, 0.5) is 0 Å². The fourth-order valence-corrected chi connectivity index (χ4v) is 10.8. The van der Waals surface area contributed by atoms with E-state index in [4.69, 9.17) is 22.8 Å². The monoisotopic (exact) mass is 916 g/mol. The van der Waals surface area contributed by atoms with Crippen molar-refractivity contribution in [2.75, 3.05) is 13.7 Å². The van der Waals surface area contributed by atoms with Gasteiger partial charge in [0.05, 0.1) is 32.0 Å². The van der Waals surface area contributed by atoms with Crippen molar-refractivity contribution in [3.63, 3.8) is 0 Å². The van der Waals surface area contributed by atoms with E-state index < -0.39 is 25.0 Å². The summed E-state index contributed by atoms with van der Waals surface area (Å²) in [6.45, 7) is 48.2. The van der Waals surface area contributed by atoms with Gasteiger partial charge in [-0.25, -0.2) is 0 Å². The van der Waals surface area contributed by atoms with Crippen LogP contribution in [0.5, 0.6) is 5.75 Å². The largest absolute Gasteiger partial charge is 0.497 e. The summed E-state index contributed by atoms with van der Waals surface area (Å²) in [5, 5.41) is 0.400. The number of hydrogen-bond acceptors (Lipinski definition) is 5. The zero-order valence-electron chi connectivity index (χ0n) is 38.9. The van der Waals surface area contributed by atoms with Gasteiger partial charge in [0.1, 0.15) is 5.75 Å². The lowest BCUT2D eigenvalue weighted by atomic mass is 9.83. The van der Waals surface area contributed by atoms with E-state index in [1.807, 2.05) is 12.1 Å². The summed E-state index contributed by atoms with van der Waals surface area (Å²) < 4.78 is 37.0. The number of hydrogen-bond donors (Lipinski definition) is 0. The predicted octanol–water partition coefficient (Wildman–Crippen LogP) is 14.1. The van der Waals surface area contributed by atoms with Crippen LogP contribution in [0.1, 0.15) is 122 Å². The van der Waals surface area contributed by atoms with E-state index in [0.29, 0.717) is 25.0 Å². The predicted molar refractivity (Wildman–Crippen MR) is 250 cm³/mol. The van der Waals surface area contributed by atoms with Crippen LogP contribution in [0.15, 0.2) is 24.3 Å². The summed E-state index contributed by atoms with van der Waals surface area (Å²) in [6.07, 6.45) is 3.34. The Morgan fingerprint density at radius 3 is 1.63 bits per heavy atom. The topological polar surface area (TPSA) is 46.2 Å². The molecule has 314 valence electrons. The summed E-state index contributed by atoms with van der Waals surface area (Å²) >= 11 is 2.18. The summed E-state index contributed by atoms with van der Waals surface area (Å²) in [7, 11) is -4.30. The van der Waals surface area contributed by atoms with Crippen LogP contribution in [-0.2, 0) is 24.6 Å². The normalized spacial score (nSPS) is 18.1. The van der Waals surface area contributed by atoms with E-state index in [0.717, 1.165) is 30.6 Å². The number of rotatable bonds is 21. The molecule has 0 aliphatic heterocycles. The van der Waals surface area contributed by atoms with E-state index in [-0.39, 0.29) is 51.2 Å². The Morgan fingerprint density at radius 1 is 0.667 bits per heavy atom. The van der Waals surface area contributed by atoms with Gasteiger partial charge in [-0.05, 0) is 114 Å². The lowest BCUT2D eigenvalue weighted by molar-refractivity contribution is -0.0726. The van der Waals surface area contributed by atoms with E-state index in [1.54, 1.807) is 7.11 Å². The minimum Gasteiger partial charge on any atom is -0.497 e. The van der Waals surface area contributed by atoms with Crippen molar-refractivity contribution in [3.8, 4) is 15.6 Å². The van der Waals surface area contributed by atoms with Crippen molar-refractivity contribution in [3.05, 3.63) is 29.8 Å². The SMILES string of the molecule is COc1ccc(CO[C@H]([C@@H](C)[C@@H](CC[C@H](C)C[C@H](C)[C@H](O[Si](C)(C)C(C)(C)C)[C@H](C)C#CI)O[Si](C)(C)C(C)(C)C)[C@@H](C)CO[Si](C)(C)C(C)(C)C)cc1. The highest BCUT2D eigenvalue weighted by Gasteiger charge is 2.44. The van der Waals surface area contributed by atoms with Crippen LogP contribution in [0.2, 0.25) is 54.4 Å². The van der Waals surface area contributed by atoms with E-state index in [1.165, 1.54) is 0 Å². The molecule has 1 rings (SSSR count). The maximum Gasteiger partial charge on any atom is 0.192 e. The third kappa shape index (κ3) is 15.9. The molecule has 54 heavy (non-hydrogen) atoms. The van der Waals surface area contributed by atoms with Gasteiger partial charge in [0.2, 0.25) is 0 Å². The summed E-state index contributed by atoms with van der Waals surface area (Å²) in [5.74, 6) is 5.78. The lowest BCUT2D eigenvalue weighted by Crippen LogP contribution is -2.49. The zero-order chi connectivity index (χ0) is 42.1. The molecule has 0 spiro atoms. The first kappa shape index (κ1) is 51.8. The molecule has 0 saturated heterocycles. The van der Waals surface area contributed by atoms with Crippen LogP contribution < -0.4 is 4.74 Å². The van der Waals surface area contributed by atoms with Gasteiger partial charge in [-0.3, -0.25) is 0 Å². The fourth-order valence-electron chi connectivity index (χ4n) is 6.33. The van der Waals surface area contributed by atoms with E-state index >= 15 is 0 Å². The second kappa shape index (κ2) is 21.2. The molecule has 8 atom stereocenters. The summed E-state index contributed by atoms with van der Waals surface area (Å²) in [6, 6.07) is 8.25. The Kier molecular flexibility index (Phi) is 20.3. The summed E-state index contributed by atoms with van der Waals surface area (Å²) in [5.41, 5.74) is 1.14. The van der Waals surface area contributed by atoms with Gasteiger partial charge in [0.15, 0.2) is 25.0 Å². The van der Waals surface area contributed by atoms with Gasteiger partial charge in [-0.1, -0.05) is 108 Å². The minimum absolute atomic E-state index is 0.0315. The smallest absolute Gasteiger partial charge is 0.192 e. The van der Waals surface area contributed by atoms with Crippen molar-refractivity contribution in [1.82, 2.24) is 0 Å². The molecule has 0 fully saturated rings. The molecule has 0 saturated carbocycles. The third-order valence-electron chi connectivity index (χ3n) is 13.3. The maximum absolute atomic E-state index is 7.43. The maximum atomic E-state index is 7.43. The molecule has 0 unspecified atom stereocenters. The molecule has 0 N–H and O–H groups in total. The Hall–Kier alpha value is -0.199. The molecule has 0 aromatic heterocycles. The molecule has 0 aliphatic rings. The first-order valence-corrected chi connectivity index (χ1v) is 30.6. The van der Waals surface area contributed by atoms with Gasteiger partial charge in [-0.2, -0.15) is 0 Å². The Labute approximate surface area is 352 Å². The number of benzene rings is 1. The third-order valence-corrected chi connectivity index (χ3v) is 27.1. The van der Waals surface area contributed by atoms with Gasteiger partial charge in [-0.15, -0.1) is 0 Å². The van der Waals surface area contributed by atoms with Crippen molar-refractivity contribution in [2.45, 2.75) is 196 Å². The Balaban J connectivity index is 3.45. The quantitative estimate of drug-likeness (QED) is 0.0698. The van der Waals surface area contributed by atoms with Crippen LogP contribution in [0.3, 0.4) is 0 Å². The molecule has 5 nitrogen and oxygen atoms in total. The van der Waals surface area contributed by atoms with Gasteiger partial charge < -0.3 is 22.8 Å². The van der Waals surface area contributed by atoms with E-state index in [9.17, 15) is 0 Å². The number of methoxy groups -OCH3 is 1. The molecule has 0 heterocycles. The standard InChI is InChI=1S/C45H85IO5Si3/c1-33(30-35(3)41(34(2)28-29-46)51-54(20,21)45(12,13)14)22-27-40(50-53(18,19)44(9,10)11)37(5)42(36(4)31-49-52(16,17)43(6,7)8)48-32-38-23-25-39(47-15)26-24-38/h23-26,33-37,40-42H,22,27,30-32H2,1-21H3/t33-,34+,35-,36-,37-,40+,41+,42-/m0/s1. The molecule has 0 aliphatic carbocycles. The molecular weight excluding hydrogens is 832 g/mol. The van der Waals surface area contributed by atoms with Gasteiger partial charge >= 0.3 is 0 Å². The Bertz CT molecular complexity index is 1300. The van der Waals surface area contributed by atoms with Gasteiger partial charge in [0, 0.05) is 47.0 Å². The zero-order valence-corrected chi connectivity index (χ0v) is 44.0. The average molecular weight is 917 g/mol. The Morgan fingerprint density at radius 2 is 1.17 bits per heavy atom. The fraction of sp³-hybridized carbons (Fsp3) is 0.822. The molecule has 0 bridgehead atoms. The molecule has 0 radical (unpaired) electrons.